The number of rotatable bonds is 5. The summed E-state index contributed by atoms with van der Waals surface area (Å²) in [6, 6.07) is 26.6. The number of nitrogens with zero attached hydrogens (tertiary/aromatic N) is 3. The van der Waals surface area contributed by atoms with Crippen molar-refractivity contribution in [1.82, 2.24) is 9.47 Å². The van der Waals surface area contributed by atoms with Crippen molar-refractivity contribution in [2.75, 3.05) is 36.4 Å². The fourth-order valence-corrected chi connectivity index (χ4v) is 6.88. The zero-order chi connectivity index (χ0) is 30.2. The van der Waals surface area contributed by atoms with E-state index in [1.54, 1.807) is 12.1 Å². The molecule has 2 bridgehead atoms. The summed E-state index contributed by atoms with van der Waals surface area (Å²) in [6.45, 7) is 3.18. The van der Waals surface area contributed by atoms with Crippen LogP contribution in [0.15, 0.2) is 102 Å². The summed E-state index contributed by atoms with van der Waals surface area (Å²) in [4.78, 5) is 43.6. The summed E-state index contributed by atoms with van der Waals surface area (Å²) in [5.41, 5.74) is 5.66. The highest BCUT2D eigenvalue weighted by atomic mass is 19.1. The van der Waals surface area contributed by atoms with Crippen LogP contribution >= 0.6 is 0 Å². The van der Waals surface area contributed by atoms with Crippen LogP contribution in [0.4, 0.5) is 15.8 Å². The summed E-state index contributed by atoms with van der Waals surface area (Å²) in [5, 5.41) is 3.02. The number of anilines is 2. The van der Waals surface area contributed by atoms with Crippen LogP contribution in [-0.4, -0.2) is 47.5 Å². The Hall–Kier alpha value is -4.98. The van der Waals surface area contributed by atoms with Gasteiger partial charge in [-0.15, -0.1) is 0 Å². The fourth-order valence-electron chi connectivity index (χ4n) is 6.88. The van der Waals surface area contributed by atoms with Crippen molar-refractivity contribution in [3.05, 3.63) is 136 Å². The van der Waals surface area contributed by atoms with E-state index >= 15 is 0 Å². The number of aromatic nitrogens is 1. The maximum Gasteiger partial charge on any atom is 0.255 e. The number of benzene rings is 3. The molecule has 44 heavy (non-hydrogen) atoms. The number of hydrogen-bond acceptors (Lipinski definition) is 4. The molecule has 1 N–H and O–H groups in total. The van der Waals surface area contributed by atoms with Crippen molar-refractivity contribution in [1.29, 1.82) is 0 Å². The van der Waals surface area contributed by atoms with Gasteiger partial charge in [-0.3, -0.25) is 14.4 Å². The summed E-state index contributed by atoms with van der Waals surface area (Å²) in [7, 11) is 0. The van der Waals surface area contributed by atoms with E-state index in [1.807, 2.05) is 51.9 Å². The van der Waals surface area contributed by atoms with E-state index in [-0.39, 0.29) is 29.2 Å². The molecule has 1 fully saturated rings. The van der Waals surface area contributed by atoms with Gasteiger partial charge in [0.1, 0.15) is 5.82 Å². The van der Waals surface area contributed by atoms with Crippen LogP contribution in [0.2, 0.25) is 0 Å². The molecular formula is C36H33FN4O3. The number of carbonyl (C=O) groups excluding carboxylic acids is 2. The molecule has 0 spiro atoms. The standard InChI is InChI=1S/C36H33FN4O3/c37-30-12-9-27(10-13-30)35(43)38-31-20-28(36(44)39-17-15-26(16-18-39)25-5-2-1-3-6-25)11-14-33(31)40-21-24-19-29(23-40)32-7-4-8-34(42)41(32)22-24/h1-15,20,24,29H,16-19,21-23H2,(H,38,43). The van der Waals surface area contributed by atoms with Gasteiger partial charge >= 0.3 is 0 Å². The van der Waals surface area contributed by atoms with Gasteiger partial charge in [-0.25, -0.2) is 4.39 Å². The molecule has 3 aliphatic heterocycles. The minimum Gasteiger partial charge on any atom is -0.369 e. The van der Waals surface area contributed by atoms with Crippen LogP contribution in [0.25, 0.3) is 5.57 Å². The van der Waals surface area contributed by atoms with Gasteiger partial charge in [0.25, 0.3) is 17.4 Å². The molecule has 3 aliphatic rings. The molecule has 1 saturated heterocycles. The quantitative estimate of drug-likeness (QED) is 0.320. The van der Waals surface area contributed by atoms with Gasteiger partial charge in [-0.05, 0) is 78.4 Å². The van der Waals surface area contributed by atoms with Crippen molar-refractivity contribution < 1.29 is 14.0 Å². The fraction of sp³-hybridized carbons (Fsp3) is 0.250. The molecule has 2 unspecified atom stereocenters. The Morgan fingerprint density at radius 3 is 2.41 bits per heavy atom. The third-order valence-electron chi connectivity index (χ3n) is 9.06. The Morgan fingerprint density at radius 2 is 1.64 bits per heavy atom. The van der Waals surface area contributed by atoms with E-state index < -0.39 is 5.82 Å². The molecule has 0 aliphatic carbocycles. The van der Waals surface area contributed by atoms with Crippen molar-refractivity contribution in [2.45, 2.75) is 25.3 Å². The molecule has 4 heterocycles. The molecule has 2 amide bonds. The SMILES string of the molecule is O=C(Nc1cc(C(=O)N2CC=C(c3ccccc3)CC2)ccc1N1CC2CC(C1)c1cccc(=O)n1C2)c1ccc(F)cc1. The second-order valence-corrected chi connectivity index (χ2v) is 11.9. The molecule has 222 valence electrons. The lowest BCUT2D eigenvalue weighted by atomic mass is 9.83. The van der Waals surface area contributed by atoms with Crippen LogP contribution in [0.1, 0.15) is 50.7 Å². The molecular weight excluding hydrogens is 555 g/mol. The average molecular weight is 589 g/mol. The van der Waals surface area contributed by atoms with E-state index in [9.17, 15) is 18.8 Å². The molecule has 7 rings (SSSR count). The predicted molar refractivity (Wildman–Crippen MR) is 169 cm³/mol. The smallest absolute Gasteiger partial charge is 0.255 e. The maximum absolute atomic E-state index is 13.7. The van der Waals surface area contributed by atoms with Crippen LogP contribution in [0.5, 0.6) is 0 Å². The maximum atomic E-state index is 13.7. The Kier molecular flexibility index (Phi) is 7.34. The monoisotopic (exact) mass is 588 g/mol. The number of nitrogens with one attached hydrogen (secondary N) is 1. The molecule has 8 heteroatoms. The third kappa shape index (κ3) is 5.43. The van der Waals surface area contributed by atoms with Gasteiger partial charge in [0.15, 0.2) is 0 Å². The van der Waals surface area contributed by atoms with Crippen LogP contribution in [0, 0.1) is 11.7 Å². The number of fused-ring (bicyclic) bond motifs is 4. The first kappa shape index (κ1) is 27.8. The van der Waals surface area contributed by atoms with E-state index in [1.165, 1.54) is 35.4 Å². The third-order valence-corrected chi connectivity index (χ3v) is 9.06. The Balaban J connectivity index is 1.18. The largest absolute Gasteiger partial charge is 0.369 e. The highest BCUT2D eigenvalue weighted by Gasteiger charge is 2.35. The number of carbonyl (C=O) groups is 2. The number of halogens is 1. The van der Waals surface area contributed by atoms with Crippen LogP contribution in [0.3, 0.4) is 0 Å². The summed E-state index contributed by atoms with van der Waals surface area (Å²) in [6.07, 6.45) is 3.88. The van der Waals surface area contributed by atoms with Gasteiger partial charge < -0.3 is 19.7 Å². The van der Waals surface area contributed by atoms with E-state index in [0.717, 1.165) is 30.8 Å². The predicted octanol–water partition coefficient (Wildman–Crippen LogP) is 5.79. The Labute approximate surface area is 255 Å². The molecule has 7 nitrogen and oxygen atoms in total. The highest BCUT2D eigenvalue weighted by molar-refractivity contribution is 6.07. The van der Waals surface area contributed by atoms with E-state index in [4.69, 9.17) is 0 Å². The zero-order valence-corrected chi connectivity index (χ0v) is 24.3. The van der Waals surface area contributed by atoms with Crippen molar-refractivity contribution >= 4 is 28.8 Å². The first-order chi connectivity index (χ1) is 21.4. The lowest BCUT2D eigenvalue weighted by Crippen LogP contribution is -2.47. The first-order valence-corrected chi connectivity index (χ1v) is 15.1. The normalized spacial score (nSPS) is 19.2. The van der Waals surface area contributed by atoms with Crippen molar-refractivity contribution in [2.24, 2.45) is 5.92 Å². The first-order valence-electron chi connectivity index (χ1n) is 15.1. The summed E-state index contributed by atoms with van der Waals surface area (Å²) in [5.74, 6) is -0.431. The molecule has 0 saturated carbocycles. The second-order valence-electron chi connectivity index (χ2n) is 11.9. The molecule has 1 aromatic heterocycles. The van der Waals surface area contributed by atoms with E-state index in [0.29, 0.717) is 43.0 Å². The minimum atomic E-state index is -0.417. The van der Waals surface area contributed by atoms with E-state index in [2.05, 4.69) is 28.4 Å². The molecule has 3 aromatic carbocycles. The topological polar surface area (TPSA) is 74.7 Å². The van der Waals surface area contributed by atoms with Gasteiger partial charge in [0, 0.05) is 61.5 Å². The van der Waals surface area contributed by atoms with Gasteiger partial charge in [0.2, 0.25) is 0 Å². The van der Waals surface area contributed by atoms with Gasteiger partial charge in [-0.2, -0.15) is 0 Å². The minimum absolute atomic E-state index is 0.0317. The van der Waals surface area contributed by atoms with Gasteiger partial charge in [0.05, 0.1) is 11.4 Å². The summed E-state index contributed by atoms with van der Waals surface area (Å²) >= 11 is 0. The number of hydrogen-bond donors (Lipinski definition) is 1. The Bertz CT molecular complexity index is 1820. The van der Waals surface area contributed by atoms with Crippen LogP contribution in [-0.2, 0) is 6.54 Å². The van der Waals surface area contributed by atoms with Crippen molar-refractivity contribution in [3.63, 3.8) is 0 Å². The van der Waals surface area contributed by atoms with Crippen molar-refractivity contribution in [3.8, 4) is 0 Å². The average Bonchev–Trinajstić information content (AvgIpc) is 3.05. The summed E-state index contributed by atoms with van der Waals surface area (Å²) < 4.78 is 15.5. The molecule has 0 radical (unpaired) electrons. The molecule has 4 aromatic rings. The number of amides is 2. The zero-order valence-electron chi connectivity index (χ0n) is 24.3. The Morgan fingerprint density at radius 1 is 0.841 bits per heavy atom. The van der Waals surface area contributed by atoms with Crippen LogP contribution < -0.4 is 15.8 Å². The highest BCUT2D eigenvalue weighted by Crippen LogP contribution is 2.39. The second kappa shape index (κ2) is 11.6. The lowest BCUT2D eigenvalue weighted by molar-refractivity contribution is 0.0772. The number of pyridine rings is 1. The lowest BCUT2D eigenvalue weighted by Gasteiger charge is -2.44. The molecule has 2 atom stereocenters. The number of piperidine rings is 1. The van der Waals surface area contributed by atoms with Gasteiger partial charge in [-0.1, -0.05) is 42.5 Å².